The second kappa shape index (κ2) is 7.88. The maximum atomic E-state index is 12.7. The van der Waals surface area contributed by atoms with Crippen LogP contribution in [0.2, 0.25) is 0 Å². The Morgan fingerprint density at radius 1 is 0.655 bits per heavy atom. The van der Waals surface area contributed by atoms with Gasteiger partial charge >= 0.3 is 10.1 Å². The van der Waals surface area contributed by atoms with Gasteiger partial charge in [-0.05, 0) is 62.7 Å². The van der Waals surface area contributed by atoms with Crippen molar-refractivity contribution in [2.75, 3.05) is 4.72 Å². The molecule has 0 unspecified atom stereocenters. The molecule has 0 amide bonds. The Morgan fingerprint density at radius 3 is 1.69 bits per heavy atom. The van der Waals surface area contributed by atoms with E-state index in [2.05, 4.69) is 4.72 Å². The van der Waals surface area contributed by atoms with Gasteiger partial charge in [-0.15, -0.1) is 0 Å². The average molecular weight is 432 g/mol. The lowest BCUT2D eigenvalue weighted by Gasteiger charge is -2.14. The molecule has 0 saturated carbocycles. The van der Waals surface area contributed by atoms with Crippen LogP contribution in [0.5, 0.6) is 5.75 Å². The molecule has 0 fully saturated rings. The van der Waals surface area contributed by atoms with Gasteiger partial charge in [-0.25, -0.2) is 8.42 Å². The van der Waals surface area contributed by atoms with Crippen molar-refractivity contribution in [1.29, 1.82) is 0 Å². The summed E-state index contributed by atoms with van der Waals surface area (Å²) >= 11 is 0. The summed E-state index contributed by atoms with van der Waals surface area (Å²) < 4.78 is 58.4. The number of anilines is 1. The molecule has 0 aliphatic heterocycles. The van der Waals surface area contributed by atoms with E-state index in [1.807, 2.05) is 13.8 Å². The summed E-state index contributed by atoms with van der Waals surface area (Å²) in [6.45, 7) is 5.46. The first kappa shape index (κ1) is 20.9. The summed E-state index contributed by atoms with van der Waals surface area (Å²) in [7, 11) is -8.05. The van der Waals surface area contributed by atoms with Gasteiger partial charge in [0.2, 0.25) is 0 Å². The molecule has 3 aromatic rings. The van der Waals surface area contributed by atoms with Gasteiger partial charge in [-0.3, -0.25) is 4.72 Å². The number of hydrogen-bond acceptors (Lipinski definition) is 5. The third-order valence-corrected chi connectivity index (χ3v) is 6.85. The minimum Gasteiger partial charge on any atom is -0.377 e. The van der Waals surface area contributed by atoms with Gasteiger partial charge in [0, 0.05) is 0 Å². The second-order valence-electron chi connectivity index (χ2n) is 6.77. The Bertz CT molecular complexity index is 1230. The summed E-state index contributed by atoms with van der Waals surface area (Å²) in [5, 5.41) is 0. The first-order chi connectivity index (χ1) is 13.6. The number of nitrogens with one attached hydrogen (secondary N) is 1. The molecular weight excluding hydrogens is 410 g/mol. The fourth-order valence-electron chi connectivity index (χ4n) is 2.59. The Kier molecular flexibility index (Phi) is 5.68. The lowest BCUT2D eigenvalue weighted by Crippen LogP contribution is -2.16. The standard InChI is InChI=1S/C21H21NO5S2/c1-15-4-9-18(10-5-15)28(23,24)22-20-14-17(3)8-13-21(20)27-29(25,26)19-11-6-16(2)7-12-19/h4-14,22H,1-3H3. The van der Waals surface area contributed by atoms with Gasteiger partial charge in [-0.2, -0.15) is 8.42 Å². The molecule has 0 bridgehead atoms. The minimum absolute atomic E-state index is 0.0176. The zero-order valence-corrected chi connectivity index (χ0v) is 17.8. The topological polar surface area (TPSA) is 89.5 Å². The normalized spacial score (nSPS) is 11.8. The van der Waals surface area contributed by atoms with E-state index in [0.29, 0.717) is 0 Å². The van der Waals surface area contributed by atoms with Gasteiger partial charge in [0.1, 0.15) is 4.90 Å². The molecule has 0 aromatic heterocycles. The molecular formula is C21H21NO5S2. The van der Waals surface area contributed by atoms with E-state index in [9.17, 15) is 16.8 Å². The van der Waals surface area contributed by atoms with E-state index in [1.165, 1.54) is 36.4 Å². The fraction of sp³-hybridized carbons (Fsp3) is 0.143. The molecule has 3 rings (SSSR count). The van der Waals surface area contributed by atoms with Gasteiger partial charge in [0.15, 0.2) is 5.75 Å². The Labute approximate surface area is 171 Å². The largest absolute Gasteiger partial charge is 0.377 e. The highest BCUT2D eigenvalue weighted by Crippen LogP contribution is 2.31. The monoisotopic (exact) mass is 431 g/mol. The van der Waals surface area contributed by atoms with E-state index in [-0.39, 0.29) is 21.2 Å². The van der Waals surface area contributed by atoms with Gasteiger partial charge in [0.25, 0.3) is 10.0 Å². The number of rotatable bonds is 6. The van der Waals surface area contributed by atoms with Crippen LogP contribution in [0.1, 0.15) is 16.7 Å². The SMILES string of the molecule is Cc1ccc(S(=O)(=O)Nc2cc(C)ccc2OS(=O)(=O)c2ccc(C)cc2)cc1. The van der Waals surface area contributed by atoms with Crippen LogP contribution in [0.4, 0.5) is 5.69 Å². The van der Waals surface area contributed by atoms with Crippen molar-refractivity contribution in [2.45, 2.75) is 30.6 Å². The smallest absolute Gasteiger partial charge is 0.339 e. The Balaban J connectivity index is 1.96. The molecule has 8 heteroatoms. The molecule has 152 valence electrons. The average Bonchev–Trinajstić information content (AvgIpc) is 2.64. The molecule has 1 N–H and O–H groups in total. The van der Waals surface area contributed by atoms with Crippen LogP contribution in [0.25, 0.3) is 0 Å². The molecule has 29 heavy (non-hydrogen) atoms. The van der Waals surface area contributed by atoms with Gasteiger partial charge < -0.3 is 4.18 Å². The third kappa shape index (κ3) is 4.96. The quantitative estimate of drug-likeness (QED) is 0.592. The molecule has 0 aliphatic rings. The van der Waals surface area contributed by atoms with E-state index in [1.54, 1.807) is 37.3 Å². The third-order valence-electron chi connectivity index (χ3n) is 4.22. The molecule has 0 saturated heterocycles. The Morgan fingerprint density at radius 2 is 1.14 bits per heavy atom. The summed E-state index contributed by atoms with van der Waals surface area (Å²) in [6, 6.07) is 17.1. The first-order valence-corrected chi connectivity index (χ1v) is 11.7. The number of sulfonamides is 1. The van der Waals surface area contributed by atoms with E-state index in [0.717, 1.165) is 16.7 Å². The van der Waals surface area contributed by atoms with Crippen LogP contribution < -0.4 is 8.91 Å². The van der Waals surface area contributed by atoms with Crippen molar-refractivity contribution in [3.8, 4) is 5.75 Å². The highest BCUT2D eigenvalue weighted by Gasteiger charge is 2.22. The van der Waals surface area contributed by atoms with E-state index < -0.39 is 20.1 Å². The Hall–Kier alpha value is -2.84. The van der Waals surface area contributed by atoms with Gasteiger partial charge in [-0.1, -0.05) is 41.5 Å². The van der Waals surface area contributed by atoms with Crippen LogP contribution in [-0.4, -0.2) is 16.8 Å². The number of aryl methyl sites for hydroxylation is 3. The van der Waals surface area contributed by atoms with Crippen LogP contribution in [-0.2, 0) is 20.1 Å². The highest BCUT2D eigenvalue weighted by molar-refractivity contribution is 7.92. The van der Waals surface area contributed by atoms with Crippen molar-refractivity contribution in [3.63, 3.8) is 0 Å². The van der Waals surface area contributed by atoms with Crippen LogP contribution in [0.3, 0.4) is 0 Å². The predicted molar refractivity (Wildman–Crippen MR) is 112 cm³/mol. The molecule has 0 aliphatic carbocycles. The van der Waals surface area contributed by atoms with Crippen molar-refractivity contribution in [1.82, 2.24) is 0 Å². The van der Waals surface area contributed by atoms with E-state index in [4.69, 9.17) is 4.18 Å². The molecule has 0 spiro atoms. The van der Waals surface area contributed by atoms with Crippen molar-refractivity contribution in [3.05, 3.63) is 83.4 Å². The van der Waals surface area contributed by atoms with Crippen molar-refractivity contribution in [2.24, 2.45) is 0 Å². The van der Waals surface area contributed by atoms with Gasteiger partial charge in [0.05, 0.1) is 10.6 Å². The summed E-state index contributed by atoms with van der Waals surface area (Å²) in [5.74, 6) is -0.105. The molecule has 0 radical (unpaired) electrons. The lowest BCUT2D eigenvalue weighted by atomic mass is 10.2. The fourth-order valence-corrected chi connectivity index (χ4v) is 4.60. The minimum atomic E-state index is -4.13. The summed E-state index contributed by atoms with van der Waals surface area (Å²) in [6.07, 6.45) is 0. The van der Waals surface area contributed by atoms with Crippen LogP contribution in [0.15, 0.2) is 76.5 Å². The van der Waals surface area contributed by atoms with Crippen molar-refractivity contribution < 1.29 is 21.0 Å². The summed E-state index contributed by atoms with van der Waals surface area (Å²) in [5.41, 5.74) is 2.62. The maximum absolute atomic E-state index is 12.7. The van der Waals surface area contributed by atoms with E-state index >= 15 is 0 Å². The molecule has 6 nitrogen and oxygen atoms in total. The molecule has 3 aromatic carbocycles. The summed E-state index contributed by atoms with van der Waals surface area (Å²) in [4.78, 5) is 0.0490. The molecule has 0 atom stereocenters. The maximum Gasteiger partial charge on any atom is 0.339 e. The van der Waals surface area contributed by atoms with Crippen LogP contribution >= 0.6 is 0 Å². The van der Waals surface area contributed by atoms with Crippen molar-refractivity contribution >= 4 is 25.8 Å². The van der Waals surface area contributed by atoms with Crippen LogP contribution in [0, 0.1) is 20.8 Å². The highest BCUT2D eigenvalue weighted by atomic mass is 32.2. The first-order valence-electron chi connectivity index (χ1n) is 8.78. The predicted octanol–water partition coefficient (Wildman–Crippen LogP) is 4.18. The zero-order valence-electron chi connectivity index (χ0n) is 16.2. The molecule has 0 heterocycles. The number of hydrogen-bond donors (Lipinski definition) is 1. The number of benzene rings is 3. The second-order valence-corrected chi connectivity index (χ2v) is 10.00. The lowest BCUT2D eigenvalue weighted by molar-refractivity contribution is 0.487. The zero-order chi connectivity index (χ0) is 21.2.